The standard InChI is InChI=1S/C17H20ClFN2/c1-12-3-5-13(6-4-12)11-21(2)17(10-20)15-9-14(18)7-8-16(15)19/h3-9,17H,10-11,20H2,1-2H3. The molecule has 2 aromatic rings. The first-order valence-corrected chi connectivity index (χ1v) is 7.30. The van der Waals surface area contributed by atoms with Crippen LogP contribution in [0.5, 0.6) is 0 Å². The molecule has 0 radical (unpaired) electrons. The number of aryl methyl sites for hydroxylation is 1. The van der Waals surface area contributed by atoms with Gasteiger partial charge in [-0.2, -0.15) is 0 Å². The van der Waals surface area contributed by atoms with Gasteiger partial charge in [-0.15, -0.1) is 0 Å². The summed E-state index contributed by atoms with van der Waals surface area (Å²) in [7, 11) is 1.94. The molecule has 0 aliphatic rings. The van der Waals surface area contributed by atoms with Gasteiger partial charge in [0.2, 0.25) is 0 Å². The van der Waals surface area contributed by atoms with E-state index in [0.29, 0.717) is 23.7 Å². The molecule has 2 aromatic carbocycles. The number of hydrogen-bond donors (Lipinski definition) is 1. The Hall–Kier alpha value is -1.42. The van der Waals surface area contributed by atoms with E-state index >= 15 is 0 Å². The molecule has 0 spiro atoms. The Balaban J connectivity index is 2.20. The van der Waals surface area contributed by atoms with E-state index in [4.69, 9.17) is 17.3 Å². The van der Waals surface area contributed by atoms with E-state index in [0.717, 1.165) is 0 Å². The topological polar surface area (TPSA) is 29.3 Å². The van der Waals surface area contributed by atoms with E-state index in [-0.39, 0.29) is 11.9 Å². The maximum atomic E-state index is 14.0. The summed E-state index contributed by atoms with van der Waals surface area (Å²) in [5.74, 6) is -0.273. The van der Waals surface area contributed by atoms with Crippen LogP contribution in [0, 0.1) is 12.7 Å². The molecular formula is C17H20ClFN2. The SMILES string of the molecule is Cc1ccc(CN(C)C(CN)c2cc(Cl)ccc2F)cc1. The fourth-order valence-corrected chi connectivity index (χ4v) is 2.59. The lowest BCUT2D eigenvalue weighted by Crippen LogP contribution is -2.30. The zero-order chi connectivity index (χ0) is 15.4. The largest absolute Gasteiger partial charge is 0.329 e. The first kappa shape index (κ1) is 16.0. The zero-order valence-electron chi connectivity index (χ0n) is 12.3. The highest BCUT2D eigenvalue weighted by atomic mass is 35.5. The molecule has 2 rings (SSSR count). The maximum absolute atomic E-state index is 14.0. The summed E-state index contributed by atoms with van der Waals surface area (Å²) >= 11 is 5.97. The fraction of sp³-hybridized carbons (Fsp3) is 0.294. The Morgan fingerprint density at radius 2 is 1.86 bits per heavy atom. The van der Waals surface area contributed by atoms with Crippen molar-refractivity contribution in [3.63, 3.8) is 0 Å². The van der Waals surface area contributed by atoms with Crippen LogP contribution >= 0.6 is 11.6 Å². The molecule has 2 N–H and O–H groups in total. The molecule has 0 aromatic heterocycles. The lowest BCUT2D eigenvalue weighted by atomic mass is 10.0. The highest BCUT2D eigenvalue weighted by Crippen LogP contribution is 2.25. The van der Waals surface area contributed by atoms with Gasteiger partial charge in [0.15, 0.2) is 0 Å². The molecular weight excluding hydrogens is 287 g/mol. The van der Waals surface area contributed by atoms with Crippen LogP contribution in [-0.2, 0) is 6.54 Å². The normalized spacial score (nSPS) is 12.7. The highest BCUT2D eigenvalue weighted by molar-refractivity contribution is 6.30. The summed E-state index contributed by atoms with van der Waals surface area (Å²) in [6, 6.07) is 12.7. The lowest BCUT2D eigenvalue weighted by Gasteiger charge is -2.28. The molecule has 21 heavy (non-hydrogen) atoms. The second kappa shape index (κ2) is 7.03. The first-order valence-electron chi connectivity index (χ1n) is 6.92. The molecule has 0 fully saturated rings. The monoisotopic (exact) mass is 306 g/mol. The van der Waals surface area contributed by atoms with Gasteiger partial charge in [-0.25, -0.2) is 4.39 Å². The minimum atomic E-state index is -0.273. The Morgan fingerprint density at radius 1 is 1.19 bits per heavy atom. The van der Waals surface area contributed by atoms with Gasteiger partial charge in [-0.05, 0) is 37.7 Å². The molecule has 1 atom stereocenters. The number of likely N-dealkylation sites (N-methyl/N-ethyl adjacent to an activating group) is 1. The van der Waals surface area contributed by atoms with Crippen molar-refractivity contribution in [2.45, 2.75) is 19.5 Å². The number of nitrogens with two attached hydrogens (primary N) is 1. The smallest absolute Gasteiger partial charge is 0.128 e. The number of hydrogen-bond acceptors (Lipinski definition) is 2. The third-order valence-corrected chi connectivity index (χ3v) is 3.86. The zero-order valence-corrected chi connectivity index (χ0v) is 13.1. The van der Waals surface area contributed by atoms with Gasteiger partial charge >= 0.3 is 0 Å². The van der Waals surface area contributed by atoms with Crippen molar-refractivity contribution in [1.82, 2.24) is 4.90 Å². The van der Waals surface area contributed by atoms with Gasteiger partial charge in [0.25, 0.3) is 0 Å². The van der Waals surface area contributed by atoms with Crippen LogP contribution < -0.4 is 5.73 Å². The first-order chi connectivity index (χ1) is 10.0. The summed E-state index contributed by atoms with van der Waals surface area (Å²) in [6.45, 7) is 3.09. The summed E-state index contributed by atoms with van der Waals surface area (Å²) in [5.41, 5.74) is 8.78. The van der Waals surface area contributed by atoms with E-state index < -0.39 is 0 Å². The Kier molecular flexibility index (Phi) is 5.34. The molecule has 0 aliphatic carbocycles. The number of rotatable bonds is 5. The minimum Gasteiger partial charge on any atom is -0.329 e. The van der Waals surface area contributed by atoms with Gasteiger partial charge < -0.3 is 5.73 Å². The molecule has 0 heterocycles. The second-order valence-electron chi connectivity index (χ2n) is 5.32. The number of benzene rings is 2. The van der Waals surface area contributed by atoms with Gasteiger partial charge in [-0.1, -0.05) is 41.4 Å². The van der Waals surface area contributed by atoms with Gasteiger partial charge in [0.1, 0.15) is 5.82 Å². The van der Waals surface area contributed by atoms with Crippen LogP contribution in [-0.4, -0.2) is 18.5 Å². The third-order valence-electron chi connectivity index (χ3n) is 3.62. The molecule has 0 saturated heterocycles. The van der Waals surface area contributed by atoms with Gasteiger partial charge in [0.05, 0.1) is 0 Å². The van der Waals surface area contributed by atoms with Crippen LogP contribution in [0.2, 0.25) is 5.02 Å². The molecule has 112 valence electrons. The van der Waals surface area contributed by atoms with Crippen molar-refractivity contribution in [2.75, 3.05) is 13.6 Å². The molecule has 0 aliphatic heterocycles. The van der Waals surface area contributed by atoms with Crippen molar-refractivity contribution in [3.8, 4) is 0 Å². The average molecular weight is 307 g/mol. The summed E-state index contributed by atoms with van der Waals surface area (Å²) in [5, 5.41) is 0.522. The van der Waals surface area contributed by atoms with Crippen LogP contribution in [0.4, 0.5) is 4.39 Å². The summed E-state index contributed by atoms with van der Waals surface area (Å²) in [6.07, 6.45) is 0. The van der Waals surface area contributed by atoms with Crippen LogP contribution in [0.3, 0.4) is 0 Å². The molecule has 0 saturated carbocycles. The fourth-order valence-electron chi connectivity index (χ4n) is 2.41. The van der Waals surface area contributed by atoms with E-state index in [1.165, 1.54) is 17.2 Å². The molecule has 0 bridgehead atoms. The Morgan fingerprint density at radius 3 is 2.48 bits per heavy atom. The minimum absolute atomic E-state index is 0.204. The molecule has 4 heteroatoms. The van der Waals surface area contributed by atoms with Crippen molar-refractivity contribution < 1.29 is 4.39 Å². The Bertz CT molecular complexity index is 598. The predicted octanol–water partition coefficient (Wildman–Crippen LogP) is 3.92. The highest BCUT2D eigenvalue weighted by Gasteiger charge is 2.19. The second-order valence-corrected chi connectivity index (χ2v) is 5.75. The van der Waals surface area contributed by atoms with Crippen LogP contribution in [0.1, 0.15) is 22.7 Å². The Labute approximate surface area is 130 Å². The van der Waals surface area contributed by atoms with Gasteiger partial charge in [-0.3, -0.25) is 4.90 Å². The van der Waals surface area contributed by atoms with Crippen molar-refractivity contribution >= 4 is 11.6 Å². The van der Waals surface area contributed by atoms with Crippen LogP contribution in [0.25, 0.3) is 0 Å². The average Bonchev–Trinajstić information content (AvgIpc) is 2.46. The van der Waals surface area contributed by atoms with E-state index in [2.05, 4.69) is 31.2 Å². The van der Waals surface area contributed by atoms with Gasteiger partial charge in [0, 0.05) is 29.7 Å². The maximum Gasteiger partial charge on any atom is 0.128 e. The molecule has 1 unspecified atom stereocenters. The molecule has 2 nitrogen and oxygen atoms in total. The van der Waals surface area contributed by atoms with Crippen molar-refractivity contribution in [1.29, 1.82) is 0 Å². The van der Waals surface area contributed by atoms with E-state index in [9.17, 15) is 4.39 Å². The van der Waals surface area contributed by atoms with E-state index in [1.54, 1.807) is 12.1 Å². The predicted molar refractivity (Wildman–Crippen MR) is 85.9 cm³/mol. The van der Waals surface area contributed by atoms with Crippen LogP contribution in [0.15, 0.2) is 42.5 Å². The van der Waals surface area contributed by atoms with Crippen molar-refractivity contribution in [2.24, 2.45) is 5.73 Å². The van der Waals surface area contributed by atoms with Crippen molar-refractivity contribution in [3.05, 3.63) is 70.0 Å². The third kappa shape index (κ3) is 4.03. The number of nitrogens with zero attached hydrogens (tertiary/aromatic N) is 1. The summed E-state index contributed by atoms with van der Waals surface area (Å²) in [4.78, 5) is 2.04. The molecule has 0 amide bonds. The quantitative estimate of drug-likeness (QED) is 0.907. The lowest BCUT2D eigenvalue weighted by molar-refractivity contribution is 0.236. The summed E-state index contributed by atoms with van der Waals surface area (Å²) < 4.78 is 14.0. The van der Waals surface area contributed by atoms with E-state index in [1.807, 2.05) is 11.9 Å². The number of halogens is 2.